The van der Waals surface area contributed by atoms with Gasteiger partial charge in [0, 0.05) is 24.3 Å². The van der Waals surface area contributed by atoms with Gasteiger partial charge in [0.1, 0.15) is 11.4 Å². The first-order valence-corrected chi connectivity index (χ1v) is 9.22. The number of ether oxygens (including phenoxy) is 1. The molecule has 0 unspecified atom stereocenters. The first kappa shape index (κ1) is 16.3. The van der Waals surface area contributed by atoms with E-state index in [1.807, 2.05) is 24.3 Å². The fourth-order valence-corrected chi connectivity index (χ4v) is 3.34. The van der Waals surface area contributed by atoms with Gasteiger partial charge in [-0.3, -0.25) is 10.1 Å². The molecule has 1 N–H and O–H groups in total. The molecule has 126 valence electrons. The van der Waals surface area contributed by atoms with Crippen molar-refractivity contribution in [1.29, 1.82) is 0 Å². The second kappa shape index (κ2) is 6.12. The Morgan fingerprint density at radius 3 is 2.71 bits per heavy atom. The molecule has 0 saturated carbocycles. The molecule has 3 rings (SSSR count). The number of nitro groups is 1. The number of hydrogen-bond donors (Lipinski definition) is 1. The number of nitro benzene ring substituents is 1. The molecule has 7 nitrogen and oxygen atoms in total. The lowest BCUT2D eigenvalue weighted by atomic mass is 10.00. The highest BCUT2D eigenvalue weighted by molar-refractivity contribution is 7.90. The Labute approximate surface area is 139 Å². The lowest BCUT2D eigenvalue weighted by molar-refractivity contribution is -0.384. The summed E-state index contributed by atoms with van der Waals surface area (Å²) in [6.45, 7) is 0.504. The maximum absolute atomic E-state index is 11.6. The van der Waals surface area contributed by atoms with Crippen LogP contribution in [0.2, 0.25) is 0 Å². The predicted octanol–water partition coefficient (Wildman–Crippen LogP) is 2.93. The fraction of sp³-hybridized carbons (Fsp3) is 0.250. The number of hydrogen-bond acceptors (Lipinski definition) is 6. The number of para-hydroxylation sites is 1. The Kier molecular flexibility index (Phi) is 4.15. The standard InChI is InChI=1S/C16H16N2O5S/c1-24(21,22)11-6-7-14(15(10-11)18(19)20)17-13-8-9-23-16-5-3-2-4-12(13)16/h2-7,10,13,17H,8-9H2,1H3/t13-/m0/s1. The number of nitrogens with one attached hydrogen (secondary N) is 1. The molecule has 0 bridgehead atoms. The molecular weight excluding hydrogens is 332 g/mol. The Balaban J connectivity index is 1.98. The summed E-state index contributed by atoms with van der Waals surface area (Å²) in [4.78, 5) is 10.7. The largest absolute Gasteiger partial charge is 0.493 e. The van der Waals surface area contributed by atoms with Crippen LogP contribution >= 0.6 is 0 Å². The van der Waals surface area contributed by atoms with Crippen molar-refractivity contribution in [3.63, 3.8) is 0 Å². The number of nitrogens with zero attached hydrogens (tertiary/aromatic N) is 1. The van der Waals surface area contributed by atoms with Crippen molar-refractivity contribution in [2.24, 2.45) is 0 Å². The van der Waals surface area contributed by atoms with Gasteiger partial charge in [-0.1, -0.05) is 18.2 Å². The van der Waals surface area contributed by atoms with Crippen molar-refractivity contribution in [3.8, 4) is 5.75 Å². The van der Waals surface area contributed by atoms with E-state index in [9.17, 15) is 18.5 Å². The molecule has 1 aliphatic rings. The minimum Gasteiger partial charge on any atom is -0.493 e. The van der Waals surface area contributed by atoms with E-state index in [1.54, 1.807) is 0 Å². The molecule has 8 heteroatoms. The molecule has 0 radical (unpaired) electrons. The van der Waals surface area contributed by atoms with Crippen LogP contribution in [0.4, 0.5) is 11.4 Å². The van der Waals surface area contributed by atoms with Crippen LogP contribution in [0.5, 0.6) is 5.75 Å². The maximum Gasteiger partial charge on any atom is 0.293 e. The van der Waals surface area contributed by atoms with Crippen molar-refractivity contribution in [3.05, 3.63) is 58.1 Å². The van der Waals surface area contributed by atoms with E-state index in [0.717, 1.165) is 23.6 Å². The first-order chi connectivity index (χ1) is 11.4. The number of rotatable bonds is 4. The van der Waals surface area contributed by atoms with E-state index in [2.05, 4.69) is 5.32 Å². The van der Waals surface area contributed by atoms with E-state index in [1.165, 1.54) is 12.1 Å². The third-order valence-electron chi connectivity index (χ3n) is 3.88. The summed E-state index contributed by atoms with van der Waals surface area (Å²) >= 11 is 0. The molecule has 2 aromatic carbocycles. The summed E-state index contributed by atoms with van der Waals surface area (Å²) in [6, 6.07) is 11.3. The Morgan fingerprint density at radius 1 is 1.25 bits per heavy atom. The molecule has 1 heterocycles. The summed E-state index contributed by atoms with van der Waals surface area (Å²) in [5.74, 6) is 0.747. The summed E-state index contributed by atoms with van der Waals surface area (Å²) in [7, 11) is -3.51. The van der Waals surface area contributed by atoms with E-state index in [4.69, 9.17) is 4.74 Å². The molecule has 0 saturated heterocycles. The normalized spacial score (nSPS) is 16.8. The van der Waals surface area contributed by atoms with Gasteiger partial charge in [0.2, 0.25) is 0 Å². The molecule has 0 amide bonds. The van der Waals surface area contributed by atoms with E-state index >= 15 is 0 Å². The topological polar surface area (TPSA) is 98.5 Å². The number of benzene rings is 2. The van der Waals surface area contributed by atoms with Crippen molar-refractivity contribution in [2.75, 3.05) is 18.2 Å². The molecule has 1 atom stereocenters. The molecular formula is C16H16N2O5S. The van der Waals surface area contributed by atoms with Crippen LogP contribution in [0.15, 0.2) is 47.4 Å². The molecule has 0 spiro atoms. The van der Waals surface area contributed by atoms with Crippen LogP contribution in [-0.4, -0.2) is 26.2 Å². The molecule has 24 heavy (non-hydrogen) atoms. The molecule has 0 aromatic heterocycles. The van der Waals surface area contributed by atoms with Crippen LogP contribution < -0.4 is 10.1 Å². The highest BCUT2D eigenvalue weighted by Gasteiger charge is 2.25. The van der Waals surface area contributed by atoms with Crippen LogP contribution in [0.3, 0.4) is 0 Å². The molecule has 0 aliphatic carbocycles. The van der Waals surface area contributed by atoms with Crippen molar-refractivity contribution >= 4 is 21.2 Å². The fourth-order valence-electron chi connectivity index (χ4n) is 2.69. The zero-order chi connectivity index (χ0) is 17.3. The minimum absolute atomic E-state index is 0.0767. The van der Waals surface area contributed by atoms with Crippen molar-refractivity contribution in [2.45, 2.75) is 17.4 Å². The quantitative estimate of drug-likeness (QED) is 0.674. The summed E-state index contributed by atoms with van der Waals surface area (Å²) in [6.07, 6.45) is 1.68. The zero-order valence-electron chi connectivity index (χ0n) is 12.9. The highest BCUT2D eigenvalue weighted by atomic mass is 32.2. The third-order valence-corrected chi connectivity index (χ3v) is 4.99. The second-order valence-electron chi connectivity index (χ2n) is 5.58. The summed E-state index contributed by atoms with van der Waals surface area (Å²) < 4.78 is 28.8. The van der Waals surface area contributed by atoms with Gasteiger partial charge >= 0.3 is 0 Å². The van der Waals surface area contributed by atoms with E-state index in [-0.39, 0.29) is 22.3 Å². The number of anilines is 1. The Morgan fingerprint density at radius 2 is 2.00 bits per heavy atom. The summed E-state index contributed by atoms with van der Waals surface area (Å²) in [5.41, 5.74) is 0.946. The second-order valence-corrected chi connectivity index (χ2v) is 7.60. The van der Waals surface area contributed by atoms with Crippen molar-refractivity contribution < 1.29 is 18.1 Å². The monoisotopic (exact) mass is 348 g/mol. The minimum atomic E-state index is -3.51. The van der Waals surface area contributed by atoms with Gasteiger partial charge in [0.25, 0.3) is 5.69 Å². The Bertz CT molecular complexity index is 895. The lowest BCUT2D eigenvalue weighted by Gasteiger charge is -2.27. The number of fused-ring (bicyclic) bond motifs is 1. The lowest BCUT2D eigenvalue weighted by Crippen LogP contribution is -2.20. The zero-order valence-corrected chi connectivity index (χ0v) is 13.7. The van der Waals surface area contributed by atoms with E-state index in [0.29, 0.717) is 13.0 Å². The van der Waals surface area contributed by atoms with Gasteiger partial charge in [-0.25, -0.2) is 8.42 Å². The van der Waals surface area contributed by atoms with Crippen LogP contribution in [0.1, 0.15) is 18.0 Å². The smallest absolute Gasteiger partial charge is 0.293 e. The van der Waals surface area contributed by atoms with Crippen LogP contribution in [0.25, 0.3) is 0 Å². The van der Waals surface area contributed by atoms with Crippen molar-refractivity contribution in [1.82, 2.24) is 0 Å². The van der Waals surface area contributed by atoms with Gasteiger partial charge in [0.15, 0.2) is 9.84 Å². The molecule has 2 aromatic rings. The first-order valence-electron chi connectivity index (χ1n) is 7.33. The van der Waals surface area contributed by atoms with Crippen LogP contribution in [0, 0.1) is 10.1 Å². The van der Waals surface area contributed by atoms with Crippen LogP contribution in [-0.2, 0) is 9.84 Å². The molecule has 1 aliphatic heterocycles. The number of sulfone groups is 1. The third kappa shape index (κ3) is 3.18. The average Bonchev–Trinajstić information content (AvgIpc) is 2.54. The van der Waals surface area contributed by atoms with E-state index < -0.39 is 14.8 Å². The van der Waals surface area contributed by atoms with Gasteiger partial charge in [-0.2, -0.15) is 0 Å². The SMILES string of the molecule is CS(=O)(=O)c1ccc(N[C@H]2CCOc3ccccc32)c([N+](=O)[O-])c1. The van der Waals surface area contributed by atoms with Gasteiger partial charge < -0.3 is 10.1 Å². The van der Waals surface area contributed by atoms with Gasteiger partial charge in [-0.05, 0) is 18.2 Å². The molecule has 0 fully saturated rings. The summed E-state index contributed by atoms with van der Waals surface area (Å²) in [5, 5.41) is 14.5. The van der Waals surface area contributed by atoms with Gasteiger partial charge in [-0.15, -0.1) is 0 Å². The average molecular weight is 348 g/mol. The predicted molar refractivity (Wildman–Crippen MR) is 89.1 cm³/mol. The van der Waals surface area contributed by atoms with Gasteiger partial charge in [0.05, 0.1) is 22.5 Å². The Hall–Kier alpha value is -2.61. The highest BCUT2D eigenvalue weighted by Crippen LogP contribution is 2.37. The maximum atomic E-state index is 11.6.